The third kappa shape index (κ3) is 2.90. The topological polar surface area (TPSA) is 3.24 Å². The van der Waals surface area contributed by atoms with Gasteiger partial charge in [-0.05, 0) is 46.7 Å². The van der Waals surface area contributed by atoms with Gasteiger partial charge < -0.3 is 0 Å². The summed E-state index contributed by atoms with van der Waals surface area (Å²) in [6, 6.07) is 0. The third-order valence-corrected chi connectivity index (χ3v) is 2.84. The molecular formula is C10H19F2N. The smallest absolute Gasteiger partial charge is 0.241 e. The largest absolute Gasteiger partial charge is 0.298 e. The number of alkyl halides is 2. The van der Waals surface area contributed by atoms with Crippen molar-refractivity contribution in [2.45, 2.75) is 45.6 Å². The van der Waals surface area contributed by atoms with E-state index in [0.29, 0.717) is 12.8 Å². The number of rotatable bonds is 1. The van der Waals surface area contributed by atoms with Crippen molar-refractivity contribution in [2.75, 3.05) is 13.1 Å². The molecular weight excluding hydrogens is 172 g/mol. The van der Waals surface area contributed by atoms with Crippen LogP contribution in [0.1, 0.15) is 33.6 Å². The van der Waals surface area contributed by atoms with Crippen molar-refractivity contribution in [1.29, 1.82) is 0 Å². The van der Waals surface area contributed by atoms with Gasteiger partial charge in [0.2, 0.25) is 6.43 Å². The van der Waals surface area contributed by atoms with Crippen molar-refractivity contribution < 1.29 is 8.78 Å². The Morgan fingerprint density at radius 3 is 1.92 bits per heavy atom. The van der Waals surface area contributed by atoms with E-state index in [-0.39, 0.29) is 11.5 Å². The van der Waals surface area contributed by atoms with Gasteiger partial charge in [-0.1, -0.05) is 0 Å². The minimum Gasteiger partial charge on any atom is -0.298 e. The normalized spacial score (nSPS) is 22.6. The predicted octanol–water partition coefficient (Wildman–Crippen LogP) is 2.76. The quantitative estimate of drug-likeness (QED) is 0.616. The molecule has 0 saturated carbocycles. The molecule has 0 aromatic carbocycles. The molecule has 1 heterocycles. The Morgan fingerprint density at radius 1 is 1.15 bits per heavy atom. The van der Waals surface area contributed by atoms with Crippen LogP contribution in [0.4, 0.5) is 8.78 Å². The lowest BCUT2D eigenvalue weighted by Crippen LogP contribution is -2.46. The monoisotopic (exact) mass is 191 g/mol. The molecule has 1 aliphatic rings. The SMILES string of the molecule is CC(C)(C)N1CCC(C(F)F)CC1. The third-order valence-electron chi connectivity index (χ3n) is 2.84. The first kappa shape index (κ1) is 10.9. The zero-order chi connectivity index (χ0) is 10.1. The van der Waals surface area contributed by atoms with Crippen LogP contribution in [0.2, 0.25) is 0 Å². The fraction of sp³-hybridized carbons (Fsp3) is 1.00. The molecule has 0 unspecified atom stereocenters. The fourth-order valence-electron chi connectivity index (χ4n) is 1.82. The molecule has 3 heteroatoms. The number of hydrogen-bond donors (Lipinski definition) is 0. The van der Waals surface area contributed by atoms with Crippen molar-refractivity contribution in [3.05, 3.63) is 0 Å². The predicted molar refractivity (Wildman–Crippen MR) is 50.1 cm³/mol. The van der Waals surface area contributed by atoms with Crippen molar-refractivity contribution in [1.82, 2.24) is 4.90 Å². The van der Waals surface area contributed by atoms with E-state index in [2.05, 4.69) is 25.7 Å². The summed E-state index contributed by atoms with van der Waals surface area (Å²) in [4.78, 5) is 2.28. The van der Waals surface area contributed by atoms with Gasteiger partial charge in [-0.3, -0.25) is 4.90 Å². The summed E-state index contributed by atoms with van der Waals surface area (Å²) in [5.41, 5.74) is 0.132. The van der Waals surface area contributed by atoms with Crippen molar-refractivity contribution in [2.24, 2.45) is 5.92 Å². The van der Waals surface area contributed by atoms with Crippen molar-refractivity contribution in [3.8, 4) is 0 Å². The molecule has 1 nitrogen and oxygen atoms in total. The molecule has 0 amide bonds. The first-order chi connectivity index (χ1) is 5.91. The minimum absolute atomic E-state index is 0.132. The average Bonchev–Trinajstić information content (AvgIpc) is 2.03. The maximum Gasteiger partial charge on any atom is 0.241 e. The summed E-state index contributed by atoms with van der Waals surface area (Å²) in [5, 5.41) is 0. The minimum atomic E-state index is -2.12. The Kier molecular flexibility index (Phi) is 3.28. The summed E-state index contributed by atoms with van der Waals surface area (Å²) >= 11 is 0. The summed E-state index contributed by atoms with van der Waals surface area (Å²) in [5.74, 6) is -0.362. The van der Waals surface area contributed by atoms with Crippen molar-refractivity contribution in [3.63, 3.8) is 0 Å². The van der Waals surface area contributed by atoms with Crippen LogP contribution in [0.25, 0.3) is 0 Å². The molecule has 0 aliphatic carbocycles. The van der Waals surface area contributed by atoms with Gasteiger partial charge in [0.25, 0.3) is 0 Å². The molecule has 1 fully saturated rings. The summed E-state index contributed by atoms with van der Waals surface area (Å²) in [6.07, 6.45) is -0.828. The lowest BCUT2D eigenvalue weighted by molar-refractivity contribution is 0.0112. The van der Waals surface area contributed by atoms with Gasteiger partial charge >= 0.3 is 0 Å². The van der Waals surface area contributed by atoms with Crippen LogP contribution in [0.3, 0.4) is 0 Å². The van der Waals surface area contributed by atoms with E-state index in [1.54, 1.807) is 0 Å². The molecule has 0 bridgehead atoms. The van der Waals surface area contributed by atoms with Gasteiger partial charge in [0.05, 0.1) is 0 Å². The van der Waals surface area contributed by atoms with E-state index < -0.39 is 6.43 Å². The first-order valence-electron chi connectivity index (χ1n) is 4.94. The highest BCUT2D eigenvalue weighted by atomic mass is 19.3. The van der Waals surface area contributed by atoms with E-state index in [4.69, 9.17) is 0 Å². The number of likely N-dealkylation sites (tertiary alicyclic amines) is 1. The number of nitrogens with zero attached hydrogens (tertiary/aromatic N) is 1. The molecule has 78 valence electrons. The van der Waals surface area contributed by atoms with Gasteiger partial charge in [0, 0.05) is 11.5 Å². The van der Waals surface area contributed by atoms with Crippen LogP contribution >= 0.6 is 0 Å². The summed E-state index contributed by atoms with van der Waals surface area (Å²) in [6.45, 7) is 8.04. The second-order valence-electron chi connectivity index (χ2n) is 4.83. The van der Waals surface area contributed by atoms with Gasteiger partial charge in [0.15, 0.2) is 0 Å². The molecule has 0 aromatic rings. The van der Waals surface area contributed by atoms with Gasteiger partial charge in [-0.15, -0.1) is 0 Å². The van der Waals surface area contributed by atoms with Crippen molar-refractivity contribution >= 4 is 0 Å². The molecule has 0 spiro atoms. The highest BCUT2D eigenvalue weighted by Crippen LogP contribution is 2.27. The van der Waals surface area contributed by atoms with Gasteiger partial charge in [-0.2, -0.15) is 0 Å². The van der Waals surface area contributed by atoms with Crippen LogP contribution in [0.15, 0.2) is 0 Å². The van der Waals surface area contributed by atoms with Gasteiger partial charge in [-0.25, -0.2) is 8.78 Å². The zero-order valence-corrected chi connectivity index (χ0v) is 8.69. The summed E-state index contributed by atoms with van der Waals surface area (Å²) < 4.78 is 24.7. The van der Waals surface area contributed by atoms with Crippen LogP contribution in [0.5, 0.6) is 0 Å². The van der Waals surface area contributed by atoms with E-state index in [1.165, 1.54) is 0 Å². The Morgan fingerprint density at radius 2 is 1.62 bits per heavy atom. The van der Waals surface area contributed by atoms with Crippen LogP contribution in [-0.4, -0.2) is 30.0 Å². The Hall–Kier alpha value is -0.180. The second-order valence-corrected chi connectivity index (χ2v) is 4.83. The van der Waals surface area contributed by atoms with E-state index in [1.807, 2.05) is 0 Å². The highest BCUT2D eigenvalue weighted by molar-refractivity contribution is 4.82. The Bertz CT molecular complexity index is 155. The molecule has 0 N–H and O–H groups in total. The Labute approximate surface area is 79.1 Å². The maximum atomic E-state index is 12.3. The summed E-state index contributed by atoms with van der Waals surface area (Å²) in [7, 11) is 0. The Balaban J connectivity index is 2.39. The average molecular weight is 191 g/mol. The number of halogens is 2. The highest BCUT2D eigenvalue weighted by Gasteiger charge is 2.30. The molecule has 0 radical (unpaired) electrons. The van der Waals surface area contributed by atoms with Gasteiger partial charge in [0.1, 0.15) is 0 Å². The molecule has 0 atom stereocenters. The van der Waals surface area contributed by atoms with E-state index >= 15 is 0 Å². The lowest BCUT2D eigenvalue weighted by Gasteiger charge is -2.40. The molecule has 1 aliphatic heterocycles. The van der Waals surface area contributed by atoms with Crippen LogP contribution in [-0.2, 0) is 0 Å². The van der Waals surface area contributed by atoms with Crippen LogP contribution < -0.4 is 0 Å². The van der Waals surface area contributed by atoms with Crippen LogP contribution in [0, 0.1) is 5.92 Å². The first-order valence-corrected chi connectivity index (χ1v) is 4.94. The molecule has 1 saturated heterocycles. The van der Waals surface area contributed by atoms with E-state index in [0.717, 1.165) is 13.1 Å². The molecule has 1 rings (SSSR count). The zero-order valence-electron chi connectivity index (χ0n) is 8.69. The maximum absolute atomic E-state index is 12.3. The lowest BCUT2D eigenvalue weighted by atomic mass is 9.93. The molecule has 13 heavy (non-hydrogen) atoms. The van der Waals surface area contributed by atoms with E-state index in [9.17, 15) is 8.78 Å². The molecule has 0 aromatic heterocycles. The second kappa shape index (κ2) is 3.91. The fourth-order valence-corrected chi connectivity index (χ4v) is 1.82. The number of piperidine rings is 1. The number of hydrogen-bond acceptors (Lipinski definition) is 1. The standard InChI is InChI=1S/C10H19F2N/c1-10(2,3)13-6-4-8(5-7-13)9(11)12/h8-9H,4-7H2,1-3H3.